The summed E-state index contributed by atoms with van der Waals surface area (Å²) in [5.74, 6) is -0.137. The second-order valence-corrected chi connectivity index (χ2v) is 10.4. The lowest BCUT2D eigenvalue weighted by Gasteiger charge is -2.20. The minimum atomic E-state index is -0.137. The van der Waals surface area contributed by atoms with Gasteiger partial charge in [0.25, 0.3) is 5.91 Å². The average molecular weight is 464 g/mol. The van der Waals surface area contributed by atoms with Crippen molar-refractivity contribution in [1.29, 1.82) is 0 Å². The summed E-state index contributed by atoms with van der Waals surface area (Å²) in [4.78, 5) is 17.7. The zero-order valence-corrected chi connectivity index (χ0v) is 20.4. The van der Waals surface area contributed by atoms with Gasteiger partial charge < -0.3 is 9.88 Å². The van der Waals surface area contributed by atoms with Crippen LogP contribution < -0.4 is 5.32 Å². The van der Waals surface area contributed by atoms with Crippen LogP contribution in [0, 0.1) is 13.8 Å². The lowest BCUT2D eigenvalue weighted by molar-refractivity contribution is -0.115. The molecule has 1 aromatic heterocycles. The van der Waals surface area contributed by atoms with Gasteiger partial charge in [-0.25, -0.2) is 4.99 Å². The van der Waals surface area contributed by atoms with Gasteiger partial charge >= 0.3 is 0 Å². The first-order chi connectivity index (χ1) is 15.1. The van der Waals surface area contributed by atoms with Crippen LogP contribution in [0.3, 0.4) is 0 Å². The van der Waals surface area contributed by atoms with E-state index in [4.69, 9.17) is 11.6 Å². The van der Waals surface area contributed by atoms with E-state index in [2.05, 4.69) is 79.8 Å². The van der Waals surface area contributed by atoms with Gasteiger partial charge in [0.05, 0.1) is 10.6 Å². The number of carbonyl (C=O) groups is 1. The van der Waals surface area contributed by atoms with Gasteiger partial charge in [0.15, 0.2) is 5.17 Å². The van der Waals surface area contributed by atoms with E-state index in [1.807, 2.05) is 18.2 Å². The molecule has 4 nitrogen and oxygen atoms in total. The molecular formula is C26H26ClN3OS. The number of aryl methyl sites for hydroxylation is 1. The van der Waals surface area contributed by atoms with E-state index in [-0.39, 0.29) is 11.3 Å². The molecule has 0 unspecified atom stereocenters. The Labute approximate surface area is 198 Å². The van der Waals surface area contributed by atoms with Crippen LogP contribution in [0.2, 0.25) is 5.02 Å². The molecule has 0 atom stereocenters. The van der Waals surface area contributed by atoms with Gasteiger partial charge in [0.1, 0.15) is 0 Å². The molecule has 1 N–H and O–H groups in total. The van der Waals surface area contributed by atoms with Crippen molar-refractivity contribution in [2.75, 3.05) is 0 Å². The predicted octanol–water partition coefficient (Wildman–Crippen LogP) is 6.94. The molecule has 164 valence electrons. The highest BCUT2D eigenvalue weighted by Crippen LogP contribution is 2.31. The highest BCUT2D eigenvalue weighted by atomic mass is 35.5. The van der Waals surface area contributed by atoms with Crippen molar-refractivity contribution in [2.24, 2.45) is 4.99 Å². The lowest BCUT2D eigenvalue weighted by Crippen LogP contribution is -2.19. The first-order valence-electron chi connectivity index (χ1n) is 10.5. The minimum absolute atomic E-state index is 0.118. The molecule has 1 saturated heterocycles. The molecule has 6 heteroatoms. The van der Waals surface area contributed by atoms with Crippen molar-refractivity contribution < 1.29 is 4.79 Å². The highest BCUT2D eigenvalue weighted by molar-refractivity contribution is 8.18. The smallest absolute Gasteiger partial charge is 0.264 e. The van der Waals surface area contributed by atoms with Crippen LogP contribution >= 0.6 is 23.4 Å². The molecule has 3 aromatic rings. The van der Waals surface area contributed by atoms with Gasteiger partial charge in [-0.2, -0.15) is 0 Å². The van der Waals surface area contributed by atoms with Crippen molar-refractivity contribution in [3.05, 3.63) is 87.0 Å². The Morgan fingerprint density at radius 2 is 1.69 bits per heavy atom. The number of hydrogen-bond donors (Lipinski definition) is 1. The third-order valence-corrected chi connectivity index (χ3v) is 6.62. The maximum absolute atomic E-state index is 12.5. The molecular weight excluding hydrogens is 438 g/mol. The predicted molar refractivity (Wildman–Crippen MR) is 136 cm³/mol. The van der Waals surface area contributed by atoms with E-state index in [9.17, 15) is 4.79 Å². The molecule has 0 saturated carbocycles. The number of aromatic nitrogens is 1. The Morgan fingerprint density at radius 1 is 1.03 bits per heavy atom. The SMILES string of the molecule is Cc1cc(/C=C2\SC(=Nc3ccc(Cl)cc3)NC2=O)c(C)n1-c1ccc(C(C)(C)C)cc1. The fraction of sp³-hybridized carbons (Fsp3) is 0.231. The number of carbonyl (C=O) groups excluding carboxylic acids is 1. The van der Waals surface area contributed by atoms with Gasteiger partial charge in [-0.3, -0.25) is 4.79 Å². The van der Waals surface area contributed by atoms with Gasteiger partial charge in [-0.1, -0.05) is 44.5 Å². The summed E-state index contributed by atoms with van der Waals surface area (Å²) in [5, 5.41) is 4.06. The normalized spacial score (nSPS) is 16.8. The van der Waals surface area contributed by atoms with Gasteiger partial charge in [0, 0.05) is 22.1 Å². The van der Waals surface area contributed by atoms with Crippen LogP contribution in [-0.4, -0.2) is 15.6 Å². The largest absolute Gasteiger partial charge is 0.318 e. The molecule has 1 fully saturated rings. The minimum Gasteiger partial charge on any atom is -0.318 e. The summed E-state index contributed by atoms with van der Waals surface area (Å²) in [5.41, 5.74) is 6.52. The maximum Gasteiger partial charge on any atom is 0.264 e. The summed E-state index contributed by atoms with van der Waals surface area (Å²) < 4.78 is 2.22. The fourth-order valence-corrected chi connectivity index (χ4v) is 4.65. The molecule has 2 heterocycles. The number of rotatable bonds is 3. The van der Waals surface area contributed by atoms with Crippen molar-refractivity contribution >= 4 is 46.2 Å². The number of hydrogen-bond acceptors (Lipinski definition) is 3. The van der Waals surface area contributed by atoms with Crippen LogP contribution in [0.25, 0.3) is 11.8 Å². The molecule has 0 spiro atoms. The van der Waals surface area contributed by atoms with Crippen LogP contribution in [0.4, 0.5) is 5.69 Å². The fourth-order valence-electron chi connectivity index (χ4n) is 3.70. The summed E-state index contributed by atoms with van der Waals surface area (Å²) in [6.07, 6.45) is 1.94. The van der Waals surface area contributed by atoms with Crippen molar-refractivity contribution in [3.63, 3.8) is 0 Å². The second-order valence-electron chi connectivity index (χ2n) is 8.92. The lowest BCUT2D eigenvalue weighted by atomic mass is 9.87. The molecule has 2 aromatic carbocycles. The summed E-state index contributed by atoms with van der Waals surface area (Å²) in [6, 6.07) is 18.0. The molecule has 0 bridgehead atoms. The van der Waals surface area contributed by atoms with E-state index in [0.717, 1.165) is 28.3 Å². The van der Waals surface area contributed by atoms with Crippen molar-refractivity contribution in [3.8, 4) is 5.69 Å². The van der Waals surface area contributed by atoms with Crippen LogP contribution in [0.1, 0.15) is 43.3 Å². The van der Waals surface area contributed by atoms with Crippen molar-refractivity contribution in [2.45, 2.75) is 40.0 Å². The molecule has 0 aliphatic carbocycles. The van der Waals surface area contributed by atoms with E-state index in [1.54, 1.807) is 12.1 Å². The Balaban J connectivity index is 1.61. The third kappa shape index (κ3) is 4.69. The number of amidine groups is 1. The second kappa shape index (κ2) is 8.64. The Morgan fingerprint density at radius 3 is 2.31 bits per heavy atom. The van der Waals surface area contributed by atoms with Crippen molar-refractivity contribution in [1.82, 2.24) is 9.88 Å². The number of amides is 1. The van der Waals surface area contributed by atoms with Gasteiger partial charge in [-0.15, -0.1) is 0 Å². The average Bonchev–Trinajstić information content (AvgIpc) is 3.21. The Kier molecular flexibility index (Phi) is 6.06. The third-order valence-electron chi connectivity index (χ3n) is 5.46. The monoisotopic (exact) mass is 463 g/mol. The van der Waals surface area contributed by atoms with Crippen LogP contribution in [-0.2, 0) is 10.2 Å². The first kappa shape index (κ1) is 22.4. The van der Waals surface area contributed by atoms with E-state index < -0.39 is 0 Å². The highest BCUT2D eigenvalue weighted by Gasteiger charge is 2.24. The Bertz CT molecular complexity index is 1230. The molecule has 1 amide bonds. The van der Waals surface area contributed by atoms with Gasteiger partial charge in [0.2, 0.25) is 0 Å². The number of thioether (sulfide) groups is 1. The van der Waals surface area contributed by atoms with E-state index >= 15 is 0 Å². The van der Waals surface area contributed by atoms with Crippen LogP contribution in [0.5, 0.6) is 0 Å². The maximum atomic E-state index is 12.5. The molecule has 32 heavy (non-hydrogen) atoms. The summed E-state index contributed by atoms with van der Waals surface area (Å²) in [6.45, 7) is 10.8. The van der Waals surface area contributed by atoms with E-state index in [0.29, 0.717) is 15.1 Å². The number of aliphatic imine (C=N–C) groups is 1. The standard InChI is InChI=1S/C26H26ClN3OS/c1-16-14-18(17(2)30(16)22-12-6-19(7-13-22)26(3,4)5)15-23-24(31)29-25(32-23)28-21-10-8-20(27)9-11-21/h6-15H,1-5H3,(H,28,29,31)/b23-15-. The summed E-state index contributed by atoms with van der Waals surface area (Å²) in [7, 11) is 0. The molecule has 4 rings (SSSR count). The zero-order chi connectivity index (χ0) is 23.0. The summed E-state index contributed by atoms with van der Waals surface area (Å²) >= 11 is 7.28. The van der Waals surface area contributed by atoms with Crippen LogP contribution in [0.15, 0.2) is 64.5 Å². The van der Waals surface area contributed by atoms with E-state index in [1.165, 1.54) is 17.3 Å². The molecule has 1 aliphatic rings. The molecule has 0 radical (unpaired) electrons. The number of nitrogens with one attached hydrogen (secondary N) is 1. The number of halogens is 1. The topological polar surface area (TPSA) is 46.4 Å². The van der Waals surface area contributed by atoms with Gasteiger partial charge in [-0.05, 0) is 90.7 Å². The molecule has 1 aliphatic heterocycles. The zero-order valence-electron chi connectivity index (χ0n) is 18.9. The Hall–Kier alpha value is -2.76. The first-order valence-corrected chi connectivity index (χ1v) is 11.7. The quantitative estimate of drug-likeness (QED) is 0.428. The number of benzene rings is 2. The number of nitrogens with zero attached hydrogens (tertiary/aromatic N) is 2.